The Kier molecular flexibility index (Phi) is 15.5. The summed E-state index contributed by atoms with van der Waals surface area (Å²) in [4.78, 5) is 38.7. The lowest BCUT2D eigenvalue weighted by Gasteiger charge is -2.28. The van der Waals surface area contributed by atoms with Gasteiger partial charge in [-0.25, -0.2) is 19.6 Å². The van der Waals surface area contributed by atoms with E-state index in [-0.39, 0.29) is 12.1 Å². The predicted octanol–water partition coefficient (Wildman–Crippen LogP) is 6.01. The molecule has 2 saturated heterocycles. The number of ether oxygens (including phenoxy) is 4. The zero-order valence-electron chi connectivity index (χ0n) is 31.1. The van der Waals surface area contributed by atoms with Gasteiger partial charge in [0.1, 0.15) is 34.2 Å². The van der Waals surface area contributed by atoms with Gasteiger partial charge in [-0.15, -0.1) is 0 Å². The maximum absolute atomic E-state index is 12.1. The second-order valence-corrected chi connectivity index (χ2v) is 14.8. The first kappa shape index (κ1) is 41.5. The number of hydrogen-bond acceptors (Lipinski definition) is 10. The van der Waals surface area contributed by atoms with Crippen LogP contribution in [0.15, 0.2) is 24.3 Å². The SMILES string of the molecule is CC(C#Cc1cc(Cl)cc(N2CCOCC2)n1)N(C)C(=O)OC(C)(C)C.CC(C#Cc1cc(Cl)cc(N2CCOCC2)n1)NC(=O)OC(C)(C)C. The van der Waals surface area contributed by atoms with Crippen LogP contribution >= 0.6 is 23.2 Å². The number of rotatable bonds is 4. The van der Waals surface area contributed by atoms with E-state index in [9.17, 15) is 9.59 Å². The fourth-order valence-corrected chi connectivity index (χ4v) is 4.88. The average Bonchev–Trinajstić information content (AvgIpc) is 3.05. The van der Waals surface area contributed by atoms with E-state index in [1.165, 1.54) is 4.90 Å². The van der Waals surface area contributed by atoms with Crippen molar-refractivity contribution in [1.29, 1.82) is 0 Å². The van der Waals surface area contributed by atoms with E-state index in [0.29, 0.717) is 47.9 Å². The van der Waals surface area contributed by atoms with Crippen molar-refractivity contribution in [3.8, 4) is 23.7 Å². The molecule has 2 amide bonds. The van der Waals surface area contributed by atoms with Crippen molar-refractivity contribution in [1.82, 2.24) is 20.2 Å². The minimum Gasteiger partial charge on any atom is -0.444 e. The van der Waals surface area contributed by atoms with Gasteiger partial charge in [0.25, 0.3) is 0 Å². The van der Waals surface area contributed by atoms with Crippen molar-refractivity contribution in [2.24, 2.45) is 0 Å². The molecule has 0 radical (unpaired) electrons. The molecule has 14 heteroatoms. The van der Waals surface area contributed by atoms with E-state index in [0.717, 1.165) is 37.8 Å². The summed E-state index contributed by atoms with van der Waals surface area (Å²) in [5, 5.41) is 3.84. The zero-order valence-corrected chi connectivity index (χ0v) is 32.6. The number of hydrogen-bond donors (Lipinski definition) is 1. The lowest BCUT2D eigenvalue weighted by atomic mass is 10.2. The molecule has 0 aromatic carbocycles. The number of nitrogens with zero attached hydrogens (tertiary/aromatic N) is 5. The third-order valence-electron chi connectivity index (χ3n) is 7.04. The number of pyridine rings is 2. The van der Waals surface area contributed by atoms with Crippen molar-refractivity contribution in [3.05, 3.63) is 45.7 Å². The number of anilines is 2. The van der Waals surface area contributed by atoms with E-state index in [4.69, 9.17) is 42.1 Å². The minimum absolute atomic E-state index is 0.322. The van der Waals surface area contributed by atoms with E-state index in [1.807, 2.05) is 60.6 Å². The normalized spacial score (nSPS) is 15.7. The summed E-state index contributed by atoms with van der Waals surface area (Å²) in [5.41, 5.74) is 0.0500. The van der Waals surface area contributed by atoms with Crippen molar-refractivity contribution in [3.63, 3.8) is 0 Å². The Morgan fingerprint density at radius 2 is 1.22 bits per heavy atom. The largest absolute Gasteiger partial charge is 0.444 e. The molecule has 278 valence electrons. The quantitative estimate of drug-likeness (QED) is 0.373. The molecular weight excluding hydrogens is 695 g/mol. The highest BCUT2D eigenvalue weighted by atomic mass is 35.5. The molecule has 0 bridgehead atoms. The van der Waals surface area contributed by atoms with E-state index in [2.05, 4.69) is 48.8 Å². The molecule has 4 heterocycles. The highest BCUT2D eigenvalue weighted by molar-refractivity contribution is 6.31. The standard InChI is InChI=1S/C19H26ClN3O3.C18H24ClN3O3/c1-14(22(5)18(24)26-19(2,3)4)6-7-16-12-15(20)13-17(21-16)23-8-10-25-11-9-23;1-13(20-17(23)25-18(2,3)4)5-6-15-11-14(19)12-16(21-15)22-7-9-24-10-8-22/h12-14H,8-11H2,1-5H3;11-13H,7-10H2,1-4H3,(H,20,23). The third kappa shape index (κ3) is 15.5. The van der Waals surface area contributed by atoms with E-state index in [1.54, 1.807) is 26.1 Å². The first-order valence-corrected chi connectivity index (χ1v) is 17.6. The Hall–Kier alpha value is -3.94. The summed E-state index contributed by atoms with van der Waals surface area (Å²) in [6.45, 7) is 20.3. The Labute approximate surface area is 312 Å². The Bertz CT molecular complexity index is 1610. The molecule has 4 rings (SSSR count). The monoisotopic (exact) mass is 744 g/mol. The average molecular weight is 746 g/mol. The molecule has 0 spiro atoms. The van der Waals surface area contributed by atoms with Crippen LogP contribution in [0.2, 0.25) is 10.0 Å². The summed E-state index contributed by atoms with van der Waals surface area (Å²) in [6.07, 6.45) is -0.908. The second-order valence-electron chi connectivity index (χ2n) is 13.9. The molecule has 12 nitrogen and oxygen atoms in total. The molecule has 2 fully saturated rings. The first-order chi connectivity index (χ1) is 23.9. The van der Waals surface area contributed by atoms with Gasteiger partial charge < -0.3 is 34.1 Å². The maximum Gasteiger partial charge on any atom is 0.411 e. The van der Waals surface area contributed by atoms with Gasteiger partial charge in [0, 0.05) is 43.3 Å². The lowest BCUT2D eigenvalue weighted by Crippen LogP contribution is -2.38. The van der Waals surface area contributed by atoms with Gasteiger partial charge >= 0.3 is 12.2 Å². The number of morpholine rings is 2. The molecule has 0 saturated carbocycles. The molecule has 2 unspecified atom stereocenters. The van der Waals surface area contributed by atoms with Gasteiger partial charge in [0.05, 0.1) is 38.5 Å². The van der Waals surface area contributed by atoms with Gasteiger partial charge in [-0.1, -0.05) is 35.0 Å². The van der Waals surface area contributed by atoms with Gasteiger partial charge in [-0.05, 0) is 91.5 Å². The summed E-state index contributed by atoms with van der Waals surface area (Å²) >= 11 is 12.4. The number of alkyl carbamates (subject to hydrolysis) is 1. The maximum atomic E-state index is 12.1. The zero-order chi connectivity index (χ0) is 37.8. The van der Waals surface area contributed by atoms with E-state index < -0.39 is 23.4 Å². The predicted molar refractivity (Wildman–Crippen MR) is 201 cm³/mol. The van der Waals surface area contributed by atoms with Crippen LogP contribution in [-0.4, -0.2) is 110 Å². The molecule has 2 atom stereocenters. The summed E-state index contributed by atoms with van der Waals surface area (Å²) in [5.74, 6) is 13.5. The highest BCUT2D eigenvalue weighted by Crippen LogP contribution is 2.21. The summed E-state index contributed by atoms with van der Waals surface area (Å²) in [7, 11) is 1.66. The van der Waals surface area contributed by atoms with Crippen molar-refractivity contribution >= 4 is 47.0 Å². The Balaban J connectivity index is 0.000000276. The third-order valence-corrected chi connectivity index (χ3v) is 7.48. The molecule has 51 heavy (non-hydrogen) atoms. The topological polar surface area (TPSA) is 119 Å². The second kappa shape index (κ2) is 19.1. The molecule has 2 aliphatic rings. The highest BCUT2D eigenvalue weighted by Gasteiger charge is 2.22. The van der Waals surface area contributed by atoms with Crippen LogP contribution in [0, 0.1) is 23.7 Å². The van der Waals surface area contributed by atoms with E-state index >= 15 is 0 Å². The van der Waals surface area contributed by atoms with Gasteiger partial charge in [0.15, 0.2) is 0 Å². The van der Waals surface area contributed by atoms with Gasteiger partial charge in [-0.2, -0.15) is 0 Å². The number of carbonyl (C=O) groups is 2. The first-order valence-electron chi connectivity index (χ1n) is 16.9. The Morgan fingerprint density at radius 1 is 0.784 bits per heavy atom. The fourth-order valence-electron chi connectivity index (χ4n) is 4.47. The molecule has 2 aliphatic heterocycles. The number of aromatic nitrogens is 2. The van der Waals surface area contributed by atoms with Crippen molar-refractivity contribution in [2.45, 2.75) is 78.7 Å². The Morgan fingerprint density at radius 3 is 1.65 bits per heavy atom. The van der Waals surface area contributed by atoms with Gasteiger partial charge in [-0.3, -0.25) is 4.90 Å². The molecule has 0 aliphatic carbocycles. The molecule has 2 aromatic rings. The summed E-state index contributed by atoms with van der Waals surface area (Å²) in [6, 6.07) is 6.38. The number of nitrogens with one attached hydrogen (secondary N) is 1. The van der Waals surface area contributed by atoms with Crippen LogP contribution in [0.4, 0.5) is 21.2 Å². The van der Waals surface area contributed by atoms with Crippen LogP contribution < -0.4 is 15.1 Å². The number of carbonyl (C=O) groups excluding carboxylic acids is 2. The lowest BCUT2D eigenvalue weighted by molar-refractivity contribution is 0.0271. The fraction of sp³-hybridized carbons (Fsp3) is 0.568. The van der Waals surface area contributed by atoms with Crippen LogP contribution in [0.5, 0.6) is 0 Å². The van der Waals surface area contributed by atoms with Gasteiger partial charge in [0.2, 0.25) is 0 Å². The smallest absolute Gasteiger partial charge is 0.411 e. The molecular formula is C37H50Cl2N6O6. The van der Waals surface area contributed by atoms with Crippen LogP contribution in [0.25, 0.3) is 0 Å². The number of amides is 2. The molecule has 1 N–H and O–H groups in total. The summed E-state index contributed by atoms with van der Waals surface area (Å²) < 4.78 is 21.3. The molecule has 2 aromatic heterocycles. The minimum atomic E-state index is -0.543. The van der Waals surface area contributed by atoms with Crippen molar-refractivity contribution < 1.29 is 28.5 Å². The van der Waals surface area contributed by atoms with Crippen LogP contribution in [0.3, 0.4) is 0 Å². The number of halogens is 2. The van der Waals surface area contributed by atoms with Crippen LogP contribution in [-0.2, 0) is 18.9 Å². The van der Waals surface area contributed by atoms with Crippen LogP contribution in [0.1, 0.15) is 66.8 Å². The van der Waals surface area contributed by atoms with Crippen molar-refractivity contribution in [2.75, 3.05) is 69.5 Å².